The zero-order valence-corrected chi connectivity index (χ0v) is 15.2. The number of fused-ring (bicyclic) bond motifs is 1. The highest BCUT2D eigenvalue weighted by atomic mass is 16.5. The molecular weight excluding hydrogens is 316 g/mol. The van der Waals surface area contributed by atoms with E-state index in [1.807, 2.05) is 36.1 Å². The fourth-order valence-corrected chi connectivity index (χ4v) is 4.79. The van der Waals surface area contributed by atoms with Crippen LogP contribution in [0.15, 0.2) is 28.7 Å². The van der Waals surface area contributed by atoms with Gasteiger partial charge in [0.05, 0.1) is 6.61 Å². The number of likely N-dealkylation sites (tertiary alicyclic amines) is 2. The number of benzene rings is 1. The van der Waals surface area contributed by atoms with Crippen molar-refractivity contribution in [1.82, 2.24) is 9.80 Å². The lowest BCUT2D eigenvalue weighted by molar-refractivity contribution is 0.0690. The number of nitrogens with zero attached hydrogens (tertiary/aromatic N) is 2. The first-order chi connectivity index (χ1) is 12.0. The molecule has 2 fully saturated rings. The molecule has 2 saturated heterocycles. The number of amides is 1. The number of rotatable bonds is 3. The summed E-state index contributed by atoms with van der Waals surface area (Å²) in [5, 5.41) is 1.03. The summed E-state index contributed by atoms with van der Waals surface area (Å²) in [5.41, 5.74) is 1.88. The van der Waals surface area contributed by atoms with E-state index in [2.05, 4.69) is 11.9 Å². The number of furan rings is 1. The topological polar surface area (TPSA) is 45.9 Å². The molecule has 25 heavy (non-hydrogen) atoms. The Morgan fingerprint density at radius 1 is 1.36 bits per heavy atom. The van der Waals surface area contributed by atoms with E-state index in [1.54, 1.807) is 7.11 Å². The lowest BCUT2D eigenvalue weighted by Crippen LogP contribution is -2.38. The van der Waals surface area contributed by atoms with Gasteiger partial charge in [0, 0.05) is 55.6 Å². The minimum absolute atomic E-state index is 0.0243. The number of carbonyl (C=O) groups excluding carboxylic acids is 1. The van der Waals surface area contributed by atoms with E-state index in [0.717, 1.165) is 55.7 Å². The average molecular weight is 342 g/mol. The number of hydrogen-bond acceptors (Lipinski definition) is 4. The van der Waals surface area contributed by atoms with Crippen LogP contribution < -0.4 is 0 Å². The Morgan fingerprint density at radius 2 is 2.16 bits per heavy atom. The molecule has 2 atom stereocenters. The number of methoxy groups -OCH3 is 1. The van der Waals surface area contributed by atoms with E-state index >= 15 is 0 Å². The zero-order chi connectivity index (χ0) is 17.6. The van der Waals surface area contributed by atoms with Crippen molar-refractivity contribution in [2.45, 2.75) is 13.3 Å². The lowest BCUT2D eigenvalue weighted by Gasteiger charge is -2.29. The molecule has 134 valence electrons. The van der Waals surface area contributed by atoms with E-state index in [4.69, 9.17) is 9.15 Å². The second-order valence-corrected chi connectivity index (χ2v) is 7.74. The quantitative estimate of drug-likeness (QED) is 0.860. The first-order valence-corrected chi connectivity index (χ1v) is 8.99. The van der Waals surface area contributed by atoms with Crippen molar-refractivity contribution in [3.8, 4) is 0 Å². The molecule has 4 rings (SSSR count). The van der Waals surface area contributed by atoms with Crippen LogP contribution in [0, 0.1) is 18.3 Å². The molecule has 1 aromatic heterocycles. The highest BCUT2D eigenvalue weighted by molar-refractivity contribution is 5.99. The van der Waals surface area contributed by atoms with Gasteiger partial charge in [0.25, 0.3) is 5.91 Å². The molecule has 0 bridgehead atoms. The summed E-state index contributed by atoms with van der Waals surface area (Å²) in [6, 6.07) is 7.85. The Morgan fingerprint density at radius 3 is 2.92 bits per heavy atom. The Hall–Kier alpha value is -1.85. The number of carbonyl (C=O) groups is 1. The molecule has 0 N–H and O–H groups in total. The molecule has 1 spiro atoms. The van der Waals surface area contributed by atoms with Gasteiger partial charge in [0.15, 0.2) is 5.76 Å². The van der Waals surface area contributed by atoms with Crippen LogP contribution in [0.25, 0.3) is 11.0 Å². The van der Waals surface area contributed by atoms with E-state index in [0.29, 0.717) is 11.7 Å². The number of para-hydroxylation sites is 1. The normalized spacial score (nSPS) is 27.0. The highest BCUT2D eigenvalue weighted by Crippen LogP contribution is 2.44. The Bertz CT molecular complexity index is 799. The molecule has 2 aliphatic rings. The Balaban J connectivity index is 1.58. The highest BCUT2D eigenvalue weighted by Gasteiger charge is 2.50. The van der Waals surface area contributed by atoms with Crippen molar-refractivity contribution in [2.75, 3.05) is 46.9 Å². The largest absolute Gasteiger partial charge is 0.451 e. The predicted molar refractivity (Wildman–Crippen MR) is 96.8 cm³/mol. The minimum atomic E-state index is 0.0243. The van der Waals surface area contributed by atoms with Gasteiger partial charge in [-0.25, -0.2) is 0 Å². The van der Waals surface area contributed by atoms with Crippen LogP contribution in [0.1, 0.15) is 22.5 Å². The van der Waals surface area contributed by atoms with Crippen LogP contribution in [-0.4, -0.2) is 62.7 Å². The summed E-state index contributed by atoms with van der Waals surface area (Å²) < 4.78 is 11.3. The maximum absolute atomic E-state index is 13.1. The van der Waals surface area contributed by atoms with E-state index in [1.165, 1.54) is 0 Å². The standard InChI is InChI=1S/C20H26N2O3/c1-14-16-6-4-5-7-17(16)25-18(14)19(23)22-9-8-20(13-22)12-21(2)10-15(20)11-24-3/h4-7,15H,8-13H2,1-3H3/t15-,20-/m0/s1. The number of aryl methyl sites for hydroxylation is 1. The van der Waals surface area contributed by atoms with E-state index in [-0.39, 0.29) is 11.3 Å². The van der Waals surface area contributed by atoms with Gasteiger partial charge in [-0.1, -0.05) is 18.2 Å². The van der Waals surface area contributed by atoms with Gasteiger partial charge in [0.1, 0.15) is 5.58 Å². The minimum Gasteiger partial charge on any atom is -0.451 e. The van der Waals surface area contributed by atoms with Crippen molar-refractivity contribution in [3.63, 3.8) is 0 Å². The maximum Gasteiger partial charge on any atom is 0.289 e. The van der Waals surface area contributed by atoms with E-state index < -0.39 is 0 Å². The third kappa shape index (κ3) is 2.66. The van der Waals surface area contributed by atoms with Crippen molar-refractivity contribution >= 4 is 16.9 Å². The summed E-state index contributed by atoms with van der Waals surface area (Å²) in [6.45, 7) is 6.39. The summed E-state index contributed by atoms with van der Waals surface area (Å²) >= 11 is 0. The first-order valence-electron chi connectivity index (χ1n) is 8.99. The number of hydrogen-bond donors (Lipinski definition) is 0. The van der Waals surface area contributed by atoms with Crippen molar-refractivity contribution in [1.29, 1.82) is 0 Å². The van der Waals surface area contributed by atoms with Gasteiger partial charge in [-0.3, -0.25) is 4.79 Å². The molecule has 0 unspecified atom stereocenters. The van der Waals surface area contributed by atoms with Gasteiger partial charge in [-0.2, -0.15) is 0 Å². The van der Waals surface area contributed by atoms with Crippen molar-refractivity contribution < 1.29 is 13.9 Å². The molecule has 0 saturated carbocycles. The molecule has 0 aliphatic carbocycles. The van der Waals surface area contributed by atoms with Gasteiger partial charge >= 0.3 is 0 Å². The maximum atomic E-state index is 13.1. The Labute approximate surface area is 148 Å². The van der Waals surface area contributed by atoms with Gasteiger partial charge in [-0.05, 0) is 26.5 Å². The molecule has 5 nitrogen and oxygen atoms in total. The van der Waals surface area contributed by atoms with Crippen LogP contribution >= 0.6 is 0 Å². The number of ether oxygens (including phenoxy) is 1. The summed E-state index contributed by atoms with van der Waals surface area (Å²) in [6.07, 6.45) is 1.04. The van der Waals surface area contributed by atoms with Gasteiger partial charge in [-0.15, -0.1) is 0 Å². The Kier molecular flexibility index (Phi) is 4.08. The molecule has 1 aromatic carbocycles. The van der Waals surface area contributed by atoms with Crippen LogP contribution in [0.2, 0.25) is 0 Å². The monoisotopic (exact) mass is 342 g/mol. The van der Waals surface area contributed by atoms with Crippen molar-refractivity contribution in [3.05, 3.63) is 35.6 Å². The van der Waals surface area contributed by atoms with Gasteiger partial charge < -0.3 is 19.0 Å². The van der Waals surface area contributed by atoms with Crippen LogP contribution in [-0.2, 0) is 4.74 Å². The smallest absolute Gasteiger partial charge is 0.289 e. The average Bonchev–Trinajstić information content (AvgIpc) is 3.26. The zero-order valence-electron chi connectivity index (χ0n) is 15.2. The summed E-state index contributed by atoms with van der Waals surface area (Å²) in [5.74, 6) is 1.00. The fraction of sp³-hybridized carbons (Fsp3) is 0.550. The SMILES string of the molecule is COC[C@@H]1CN(C)C[C@]12CCN(C(=O)c1oc3ccccc3c1C)C2. The van der Waals surface area contributed by atoms with E-state index in [9.17, 15) is 4.79 Å². The van der Waals surface area contributed by atoms with Crippen LogP contribution in [0.5, 0.6) is 0 Å². The second-order valence-electron chi connectivity index (χ2n) is 7.74. The lowest BCUT2D eigenvalue weighted by atomic mass is 9.77. The third-order valence-corrected chi connectivity index (χ3v) is 6.06. The fourth-order valence-electron chi connectivity index (χ4n) is 4.79. The molecular formula is C20H26N2O3. The molecule has 2 aliphatic heterocycles. The molecule has 1 amide bonds. The second kappa shape index (κ2) is 6.15. The summed E-state index contributed by atoms with van der Waals surface area (Å²) in [4.78, 5) is 17.5. The molecule has 2 aromatic rings. The van der Waals surface area contributed by atoms with Crippen molar-refractivity contribution in [2.24, 2.45) is 11.3 Å². The molecule has 3 heterocycles. The van der Waals surface area contributed by atoms with Crippen LogP contribution in [0.3, 0.4) is 0 Å². The summed E-state index contributed by atoms with van der Waals surface area (Å²) in [7, 11) is 3.92. The van der Waals surface area contributed by atoms with Crippen LogP contribution in [0.4, 0.5) is 0 Å². The first kappa shape index (κ1) is 16.6. The molecule has 0 radical (unpaired) electrons. The molecule has 5 heteroatoms. The van der Waals surface area contributed by atoms with Gasteiger partial charge in [0.2, 0.25) is 0 Å². The third-order valence-electron chi connectivity index (χ3n) is 6.06. The predicted octanol–water partition coefficient (Wildman–Crippen LogP) is 2.78.